The first-order valence-electron chi connectivity index (χ1n) is 3.59. The molecule has 14 heavy (non-hydrogen) atoms. The summed E-state index contributed by atoms with van der Waals surface area (Å²) in [5.41, 5.74) is 7.84. The maximum atomic E-state index is 11.2. The molecule has 0 atom stereocenters. The third-order valence-electron chi connectivity index (χ3n) is 1.47. The first kappa shape index (κ1) is 9.85. The molecule has 72 valence electrons. The van der Waals surface area contributed by atoms with E-state index in [-0.39, 0.29) is 17.1 Å². The van der Waals surface area contributed by atoms with E-state index < -0.39 is 5.78 Å². The Morgan fingerprint density at radius 3 is 2.79 bits per heavy atom. The van der Waals surface area contributed by atoms with Crippen LogP contribution in [0.1, 0.15) is 10.4 Å². The summed E-state index contributed by atoms with van der Waals surface area (Å²) in [6.07, 6.45) is 0.717. The maximum Gasteiger partial charge on any atom is 0.186 e. The second kappa shape index (κ2) is 4.13. The van der Waals surface area contributed by atoms with Gasteiger partial charge in [0.25, 0.3) is 0 Å². The highest BCUT2D eigenvalue weighted by Gasteiger charge is 2.07. The van der Waals surface area contributed by atoms with Crippen LogP contribution in [0, 0.1) is 0 Å². The molecule has 0 bridgehead atoms. The number of hydrogen-bond acceptors (Lipinski definition) is 4. The van der Waals surface area contributed by atoms with Gasteiger partial charge in [-0.1, -0.05) is 0 Å². The number of phenols is 2. The predicted molar refractivity (Wildman–Crippen MR) is 48.4 cm³/mol. The number of phenolic OH excluding ortho intramolecular Hbond substituents is 2. The Morgan fingerprint density at radius 1 is 1.43 bits per heavy atom. The molecule has 6 heteroatoms. The van der Waals surface area contributed by atoms with Crippen molar-refractivity contribution in [1.82, 2.24) is 0 Å². The van der Waals surface area contributed by atoms with Gasteiger partial charge < -0.3 is 20.8 Å². The number of hydrogen-bond donors (Lipinski definition) is 2. The van der Waals surface area contributed by atoms with E-state index >= 15 is 0 Å². The second-order valence-corrected chi connectivity index (χ2v) is 2.40. The minimum Gasteiger partial charge on any atom is -0.508 e. The van der Waals surface area contributed by atoms with Gasteiger partial charge in [0.05, 0.1) is 5.56 Å². The molecule has 0 radical (unpaired) electrons. The monoisotopic (exact) mass is 192 g/mol. The van der Waals surface area contributed by atoms with Gasteiger partial charge in [0, 0.05) is 0 Å². The van der Waals surface area contributed by atoms with E-state index in [4.69, 9.17) is 10.6 Å². The molecule has 0 amide bonds. The van der Waals surface area contributed by atoms with Crippen LogP contribution in [0.3, 0.4) is 0 Å². The van der Waals surface area contributed by atoms with Crippen LogP contribution in [0.25, 0.3) is 5.53 Å². The Bertz CT molecular complexity index is 401. The molecule has 0 spiro atoms. The average Bonchev–Trinajstić information content (AvgIpc) is 2.18. The first-order valence-corrected chi connectivity index (χ1v) is 3.59. The fraction of sp³-hybridized carbons (Fsp3) is 0. The lowest BCUT2D eigenvalue weighted by atomic mass is 10.1. The van der Waals surface area contributed by atoms with Gasteiger partial charge in [-0.2, -0.15) is 0 Å². The van der Waals surface area contributed by atoms with Crippen molar-refractivity contribution < 1.29 is 15.0 Å². The molecular weight excluding hydrogens is 186 g/mol. The summed E-state index contributed by atoms with van der Waals surface area (Å²) in [6.45, 7) is 0. The highest BCUT2D eigenvalue weighted by atomic mass is 16.3. The molecule has 1 aromatic rings. The molecule has 0 aliphatic heterocycles. The van der Waals surface area contributed by atoms with E-state index in [1.54, 1.807) is 0 Å². The molecule has 0 saturated carbocycles. The molecule has 2 N–H and O–H groups in total. The van der Waals surface area contributed by atoms with E-state index in [1.165, 1.54) is 12.1 Å². The van der Waals surface area contributed by atoms with E-state index in [0.717, 1.165) is 6.07 Å². The van der Waals surface area contributed by atoms with Gasteiger partial charge >= 0.3 is 0 Å². The van der Waals surface area contributed by atoms with Crippen molar-refractivity contribution >= 4 is 12.0 Å². The normalized spacial score (nSPS) is 10.3. The molecule has 0 aliphatic carbocycles. The van der Waals surface area contributed by atoms with Gasteiger partial charge in [0.2, 0.25) is 0 Å². The van der Waals surface area contributed by atoms with E-state index in [1.807, 2.05) is 0 Å². The third kappa shape index (κ3) is 2.13. The Balaban J connectivity index is 3.05. The standard InChI is InChI=1S/C8H6N3O3/c9-11-10-4-8(14)6-3-5(12)1-2-7(6)13/h1-4,12-13H/q-1. The zero-order chi connectivity index (χ0) is 10.6. The summed E-state index contributed by atoms with van der Waals surface area (Å²) in [6, 6.07) is 3.49. The molecule has 0 aliphatic rings. The summed E-state index contributed by atoms with van der Waals surface area (Å²) < 4.78 is 0. The van der Waals surface area contributed by atoms with Crippen molar-refractivity contribution in [1.29, 1.82) is 0 Å². The second-order valence-electron chi connectivity index (χ2n) is 2.40. The van der Waals surface area contributed by atoms with Crippen molar-refractivity contribution in [3.8, 4) is 11.5 Å². The number of nitrogens with zero attached hydrogens (tertiary/aromatic N) is 3. The zero-order valence-electron chi connectivity index (χ0n) is 6.95. The summed E-state index contributed by atoms with van der Waals surface area (Å²) in [4.78, 5) is 11.2. The van der Waals surface area contributed by atoms with Crippen LogP contribution in [-0.2, 0) is 0 Å². The SMILES string of the molecule is [N-]=NN=CC(=O)c1cc(O)ccc1O. The fourth-order valence-corrected chi connectivity index (χ4v) is 0.869. The van der Waals surface area contributed by atoms with Gasteiger partial charge in [-0.3, -0.25) is 10.0 Å². The molecule has 0 fully saturated rings. The number of rotatable bonds is 3. The number of carbonyl (C=O) groups is 1. The van der Waals surface area contributed by atoms with Gasteiger partial charge in [-0.25, -0.2) is 0 Å². The van der Waals surface area contributed by atoms with E-state index in [0.29, 0.717) is 6.21 Å². The van der Waals surface area contributed by atoms with Crippen LogP contribution in [0.5, 0.6) is 11.5 Å². The Labute approximate surface area is 79.0 Å². The molecule has 1 rings (SSSR count). The van der Waals surface area contributed by atoms with E-state index in [9.17, 15) is 9.90 Å². The van der Waals surface area contributed by atoms with E-state index in [2.05, 4.69) is 10.3 Å². The number of carbonyl (C=O) groups excluding carboxylic acids is 1. The lowest BCUT2D eigenvalue weighted by molar-refractivity contribution is 0.106. The molecule has 0 aromatic heterocycles. The molecule has 6 nitrogen and oxygen atoms in total. The van der Waals surface area contributed by atoms with Crippen LogP contribution in [0.15, 0.2) is 28.5 Å². The minimum absolute atomic E-state index is 0.114. The Morgan fingerprint density at radius 2 is 2.14 bits per heavy atom. The molecule has 1 aromatic carbocycles. The van der Waals surface area contributed by atoms with Gasteiger partial charge in [-0.05, 0) is 24.4 Å². The van der Waals surface area contributed by atoms with Crippen molar-refractivity contribution in [3.63, 3.8) is 0 Å². The molecular formula is C8H6N3O3-. The summed E-state index contributed by atoms with van der Waals surface area (Å²) in [5, 5.41) is 23.5. The summed E-state index contributed by atoms with van der Waals surface area (Å²) >= 11 is 0. The molecule has 0 saturated heterocycles. The predicted octanol–water partition coefficient (Wildman–Crippen LogP) is 1.29. The topological polar surface area (TPSA) is 105 Å². The average molecular weight is 192 g/mol. The van der Waals surface area contributed by atoms with Crippen LogP contribution in [-0.4, -0.2) is 22.2 Å². The van der Waals surface area contributed by atoms with Crippen LogP contribution in [0.4, 0.5) is 0 Å². The highest BCUT2D eigenvalue weighted by molar-refractivity contribution is 6.36. The number of ketones is 1. The third-order valence-corrected chi connectivity index (χ3v) is 1.47. The van der Waals surface area contributed by atoms with Gasteiger partial charge in [-0.15, -0.1) is 0 Å². The van der Waals surface area contributed by atoms with Crippen molar-refractivity contribution in [2.45, 2.75) is 0 Å². The van der Waals surface area contributed by atoms with Crippen LogP contribution >= 0.6 is 0 Å². The largest absolute Gasteiger partial charge is 0.508 e. The van der Waals surface area contributed by atoms with Crippen molar-refractivity contribution in [2.75, 3.05) is 0 Å². The summed E-state index contributed by atoms with van der Waals surface area (Å²) in [7, 11) is 0. The van der Waals surface area contributed by atoms with Crippen molar-refractivity contribution in [3.05, 3.63) is 29.3 Å². The van der Waals surface area contributed by atoms with Crippen LogP contribution in [0.2, 0.25) is 0 Å². The zero-order valence-corrected chi connectivity index (χ0v) is 6.95. The highest BCUT2D eigenvalue weighted by Crippen LogP contribution is 2.21. The van der Waals surface area contributed by atoms with Crippen molar-refractivity contribution in [2.24, 2.45) is 10.3 Å². The number of Topliss-reactive ketones (excluding diaryl/α,β-unsaturated/α-hetero) is 1. The smallest absolute Gasteiger partial charge is 0.186 e. The molecule has 0 heterocycles. The Hall–Kier alpha value is -2.24. The lowest BCUT2D eigenvalue weighted by Gasteiger charge is -2.01. The number of benzene rings is 1. The number of aromatic hydroxyl groups is 2. The van der Waals surface area contributed by atoms with Crippen LogP contribution < -0.4 is 0 Å². The minimum atomic E-state index is -0.670. The first-order chi connectivity index (χ1) is 6.65. The maximum absolute atomic E-state index is 11.2. The van der Waals surface area contributed by atoms with Gasteiger partial charge in [0.1, 0.15) is 11.5 Å². The lowest BCUT2D eigenvalue weighted by Crippen LogP contribution is -1.99. The molecule has 0 unspecified atom stereocenters. The summed E-state index contributed by atoms with van der Waals surface area (Å²) in [5.74, 6) is -1.10. The Kier molecular flexibility index (Phi) is 2.90. The quantitative estimate of drug-likeness (QED) is 0.248. The van der Waals surface area contributed by atoms with Gasteiger partial charge in [0.15, 0.2) is 5.78 Å². The fourth-order valence-electron chi connectivity index (χ4n) is 0.869.